The summed E-state index contributed by atoms with van der Waals surface area (Å²) in [6.07, 6.45) is 3.43. The van der Waals surface area contributed by atoms with E-state index in [1.807, 2.05) is 17.6 Å². The van der Waals surface area contributed by atoms with Crippen molar-refractivity contribution in [3.8, 4) is 11.4 Å². The number of hydrogen-bond acceptors (Lipinski definition) is 3. The van der Waals surface area contributed by atoms with Crippen molar-refractivity contribution in [2.75, 3.05) is 0 Å². The number of phenols is 1. The lowest BCUT2D eigenvalue weighted by atomic mass is 10.3. The molecule has 2 heterocycles. The van der Waals surface area contributed by atoms with Crippen molar-refractivity contribution >= 4 is 22.6 Å². The summed E-state index contributed by atoms with van der Waals surface area (Å²) in [5.41, 5.74) is 2.55. The Balaban J connectivity index is 2.34. The molecule has 0 spiro atoms. The Morgan fingerprint density at radius 3 is 2.89 bits per heavy atom. The molecule has 0 bridgehead atoms. The number of aryl methyl sites for hydroxylation is 1. The summed E-state index contributed by atoms with van der Waals surface area (Å²) in [5, 5.41) is 9.88. The first-order valence-corrected chi connectivity index (χ1v) is 5.82. The van der Waals surface area contributed by atoms with Crippen LogP contribution in [0.25, 0.3) is 16.7 Å². The quantitative estimate of drug-likeness (QED) is 0.731. The molecule has 18 heavy (non-hydrogen) atoms. The largest absolute Gasteiger partial charge is 0.508 e. The number of benzene rings is 1. The number of aromatic nitrogens is 3. The molecule has 90 valence electrons. The van der Waals surface area contributed by atoms with Crippen molar-refractivity contribution in [1.82, 2.24) is 14.5 Å². The van der Waals surface area contributed by atoms with Crippen LogP contribution in [0, 0.1) is 6.92 Å². The maximum Gasteiger partial charge on any atom is 0.117 e. The third-order valence-corrected chi connectivity index (χ3v) is 3.10. The average molecular weight is 260 g/mol. The summed E-state index contributed by atoms with van der Waals surface area (Å²) in [6, 6.07) is 6.78. The Labute approximate surface area is 108 Å². The lowest BCUT2D eigenvalue weighted by molar-refractivity contribution is 0.475. The van der Waals surface area contributed by atoms with E-state index < -0.39 is 0 Å². The normalized spacial score (nSPS) is 11.0. The molecular weight excluding hydrogens is 250 g/mol. The van der Waals surface area contributed by atoms with E-state index in [0.29, 0.717) is 5.02 Å². The number of phenolic OH excluding ortho intramolecular Hbond substituents is 1. The topological polar surface area (TPSA) is 50.9 Å². The number of pyridine rings is 1. The van der Waals surface area contributed by atoms with Crippen LogP contribution in [0.2, 0.25) is 5.02 Å². The second kappa shape index (κ2) is 3.99. The Kier molecular flexibility index (Phi) is 2.45. The molecule has 1 aromatic carbocycles. The molecule has 0 saturated heterocycles. The van der Waals surface area contributed by atoms with Crippen molar-refractivity contribution in [2.24, 2.45) is 0 Å². The van der Waals surface area contributed by atoms with Gasteiger partial charge in [0.15, 0.2) is 0 Å². The van der Waals surface area contributed by atoms with Gasteiger partial charge in [0.2, 0.25) is 0 Å². The minimum Gasteiger partial charge on any atom is -0.508 e. The highest BCUT2D eigenvalue weighted by molar-refractivity contribution is 6.32. The van der Waals surface area contributed by atoms with Gasteiger partial charge in [0.1, 0.15) is 17.1 Å². The molecular formula is C13H10ClN3O. The summed E-state index contributed by atoms with van der Waals surface area (Å²) in [7, 11) is 0. The lowest BCUT2D eigenvalue weighted by Gasteiger charge is -2.09. The smallest absolute Gasteiger partial charge is 0.117 e. The van der Waals surface area contributed by atoms with E-state index in [2.05, 4.69) is 9.97 Å². The van der Waals surface area contributed by atoms with Gasteiger partial charge in [-0.25, -0.2) is 4.98 Å². The molecule has 2 aromatic heterocycles. The number of halogens is 1. The SMILES string of the molecule is Cc1nc2cnccc2n1-c1ccc(O)cc1Cl. The van der Waals surface area contributed by atoms with Crippen LogP contribution in [-0.2, 0) is 0 Å². The molecule has 3 rings (SSSR count). The van der Waals surface area contributed by atoms with Crippen LogP contribution in [0.5, 0.6) is 5.75 Å². The predicted molar refractivity (Wildman–Crippen MR) is 70.3 cm³/mol. The average Bonchev–Trinajstić information content (AvgIpc) is 2.66. The maximum absolute atomic E-state index is 9.40. The number of nitrogens with zero attached hydrogens (tertiary/aromatic N) is 3. The Morgan fingerprint density at radius 1 is 1.28 bits per heavy atom. The number of rotatable bonds is 1. The first kappa shape index (κ1) is 11.0. The summed E-state index contributed by atoms with van der Waals surface area (Å²) in [5.74, 6) is 0.970. The summed E-state index contributed by atoms with van der Waals surface area (Å²) in [4.78, 5) is 8.48. The van der Waals surface area contributed by atoms with Gasteiger partial charge in [-0.2, -0.15) is 0 Å². The van der Waals surface area contributed by atoms with Gasteiger partial charge in [-0.05, 0) is 25.1 Å². The van der Waals surface area contributed by atoms with Crippen LogP contribution in [0.15, 0.2) is 36.7 Å². The standard InChI is InChI=1S/C13H10ClN3O/c1-8-16-11-7-15-5-4-13(11)17(8)12-3-2-9(18)6-10(12)14/h2-7,18H,1H3. The Morgan fingerprint density at radius 2 is 2.11 bits per heavy atom. The fraction of sp³-hybridized carbons (Fsp3) is 0.0769. The predicted octanol–water partition coefficient (Wildman–Crippen LogP) is 3.09. The number of aromatic hydroxyl groups is 1. The lowest BCUT2D eigenvalue weighted by Crippen LogP contribution is -1.97. The first-order valence-electron chi connectivity index (χ1n) is 5.45. The van der Waals surface area contributed by atoms with Crippen LogP contribution in [0.3, 0.4) is 0 Å². The molecule has 3 aromatic rings. The molecule has 0 fully saturated rings. The van der Waals surface area contributed by atoms with Crippen LogP contribution in [0.4, 0.5) is 0 Å². The molecule has 0 amide bonds. The van der Waals surface area contributed by atoms with E-state index in [0.717, 1.165) is 22.5 Å². The van der Waals surface area contributed by atoms with Crippen LogP contribution < -0.4 is 0 Å². The molecule has 0 aliphatic carbocycles. The summed E-state index contributed by atoms with van der Waals surface area (Å²) >= 11 is 6.17. The fourth-order valence-corrected chi connectivity index (χ4v) is 2.29. The van der Waals surface area contributed by atoms with Gasteiger partial charge in [-0.1, -0.05) is 11.6 Å². The zero-order valence-corrected chi connectivity index (χ0v) is 10.4. The van der Waals surface area contributed by atoms with Gasteiger partial charge in [0.25, 0.3) is 0 Å². The minimum absolute atomic E-state index is 0.146. The van der Waals surface area contributed by atoms with E-state index in [1.165, 1.54) is 6.07 Å². The molecule has 0 atom stereocenters. The second-order valence-corrected chi connectivity index (χ2v) is 4.40. The van der Waals surface area contributed by atoms with Gasteiger partial charge in [0.05, 0.1) is 22.4 Å². The van der Waals surface area contributed by atoms with Crippen LogP contribution in [0.1, 0.15) is 5.82 Å². The highest BCUT2D eigenvalue weighted by Gasteiger charge is 2.11. The Bertz CT molecular complexity index is 736. The number of imidazole rings is 1. The second-order valence-electron chi connectivity index (χ2n) is 3.99. The molecule has 0 unspecified atom stereocenters. The fourth-order valence-electron chi connectivity index (χ4n) is 2.03. The summed E-state index contributed by atoms with van der Waals surface area (Å²) in [6.45, 7) is 1.91. The molecule has 5 heteroatoms. The van der Waals surface area contributed by atoms with E-state index in [1.54, 1.807) is 24.5 Å². The van der Waals surface area contributed by atoms with Gasteiger partial charge in [-0.3, -0.25) is 9.55 Å². The zero-order valence-electron chi connectivity index (χ0n) is 9.63. The van der Waals surface area contributed by atoms with Crippen molar-refractivity contribution in [2.45, 2.75) is 6.92 Å². The molecule has 0 aliphatic heterocycles. The molecule has 0 saturated carbocycles. The van der Waals surface area contributed by atoms with Gasteiger partial charge >= 0.3 is 0 Å². The third kappa shape index (κ3) is 1.62. The van der Waals surface area contributed by atoms with Gasteiger partial charge in [0, 0.05) is 12.3 Å². The number of hydrogen-bond donors (Lipinski definition) is 1. The Hall–Kier alpha value is -2.07. The molecule has 0 radical (unpaired) electrons. The van der Waals surface area contributed by atoms with Crippen molar-refractivity contribution in [3.05, 3.63) is 47.5 Å². The van der Waals surface area contributed by atoms with Crippen LogP contribution in [-0.4, -0.2) is 19.6 Å². The van der Waals surface area contributed by atoms with Crippen molar-refractivity contribution in [3.63, 3.8) is 0 Å². The first-order chi connectivity index (χ1) is 8.66. The third-order valence-electron chi connectivity index (χ3n) is 2.80. The van der Waals surface area contributed by atoms with Gasteiger partial charge in [-0.15, -0.1) is 0 Å². The van der Waals surface area contributed by atoms with E-state index in [-0.39, 0.29) is 5.75 Å². The minimum atomic E-state index is 0.146. The maximum atomic E-state index is 9.40. The van der Waals surface area contributed by atoms with E-state index >= 15 is 0 Å². The van der Waals surface area contributed by atoms with E-state index in [9.17, 15) is 5.11 Å². The van der Waals surface area contributed by atoms with Crippen LogP contribution >= 0.6 is 11.6 Å². The van der Waals surface area contributed by atoms with Gasteiger partial charge < -0.3 is 5.11 Å². The summed E-state index contributed by atoms with van der Waals surface area (Å²) < 4.78 is 1.94. The van der Waals surface area contributed by atoms with E-state index in [4.69, 9.17) is 11.6 Å². The zero-order chi connectivity index (χ0) is 12.7. The van der Waals surface area contributed by atoms with Crippen molar-refractivity contribution < 1.29 is 5.11 Å². The number of fused-ring (bicyclic) bond motifs is 1. The molecule has 1 N–H and O–H groups in total. The highest BCUT2D eigenvalue weighted by Crippen LogP contribution is 2.28. The highest BCUT2D eigenvalue weighted by atomic mass is 35.5. The monoisotopic (exact) mass is 259 g/mol. The van der Waals surface area contributed by atoms with Crippen molar-refractivity contribution in [1.29, 1.82) is 0 Å². The molecule has 0 aliphatic rings. The molecule has 4 nitrogen and oxygen atoms in total.